The van der Waals surface area contributed by atoms with Crippen LogP contribution in [0.2, 0.25) is 0 Å². The minimum atomic E-state index is -1.02. The fourth-order valence-corrected chi connectivity index (χ4v) is 3.25. The summed E-state index contributed by atoms with van der Waals surface area (Å²) in [4.78, 5) is 22.4. The average Bonchev–Trinajstić information content (AvgIpc) is 2.56. The molecule has 1 N–H and O–H groups in total. The van der Waals surface area contributed by atoms with E-state index in [1.54, 1.807) is 0 Å². The van der Waals surface area contributed by atoms with Crippen LogP contribution in [0.1, 0.15) is 86.0 Å². The Morgan fingerprint density at radius 1 is 1.04 bits per heavy atom. The largest absolute Gasteiger partial charge is 0.481 e. The van der Waals surface area contributed by atoms with Gasteiger partial charge < -0.3 is 5.11 Å². The number of rotatable bonds is 15. The number of hydrogen-bond acceptors (Lipinski definition) is 2. The quantitative estimate of drug-likeness (QED) is 0.195. The van der Waals surface area contributed by atoms with E-state index in [9.17, 15) is 9.59 Å². The van der Waals surface area contributed by atoms with E-state index >= 15 is 0 Å². The predicted molar refractivity (Wildman–Crippen MR) is 115 cm³/mol. The van der Waals surface area contributed by atoms with Crippen molar-refractivity contribution in [1.82, 2.24) is 0 Å². The summed E-state index contributed by atoms with van der Waals surface area (Å²) in [6.45, 7) is 14.2. The number of carbonyl (C=O) groups excluding carboxylic acids is 1. The lowest BCUT2D eigenvalue weighted by molar-refractivity contribution is -0.145. The molecule has 3 nitrogen and oxygen atoms in total. The van der Waals surface area contributed by atoms with Crippen molar-refractivity contribution in [2.24, 2.45) is 17.8 Å². The molecule has 0 bridgehead atoms. The molecule has 0 radical (unpaired) electrons. The second kappa shape index (κ2) is 14.4. The molecule has 3 heteroatoms. The zero-order valence-corrected chi connectivity index (χ0v) is 18.1. The van der Waals surface area contributed by atoms with Crippen molar-refractivity contribution in [3.8, 4) is 0 Å². The monoisotopic (exact) mass is 376 g/mol. The number of hydrogen-bond donors (Lipinski definition) is 1. The normalized spacial score (nSPS) is 15.5. The van der Waals surface area contributed by atoms with Crippen molar-refractivity contribution < 1.29 is 14.7 Å². The first-order chi connectivity index (χ1) is 12.6. The lowest BCUT2D eigenvalue weighted by Gasteiger charge is -2.12. The molecule has 0 saturated carbocycles. The van der Waals surface area contributed by atoms with Gasteiger partial charge in [0.1, 0.15) is 11.7 Å². The molecule has 3 atom stereocenters. The van der Waals surface area contributed by atoms with Gasteiger partial charge in [0.15, 0.2) is 0 Å². The van der Waals surface area contributed by atoms with Crippen molar-refractivity contribution in [3.05, 3.63) is 36.0 Å². The first-order valence-electron chi connectivity index (χ1n) is 10.4. The van der Waals surface area contributed by atoms with Crippen LogP contribution in [0.25, 0.3) is 0 Å². The first-order valence-corrected chi connectivity index (χ1v) is 10.4. The van der Waals surface area contributed by atoms with Crippen LogP contribution >= 0.6 is 0 Å². The van der Waals surface area contributed by atoms with Gasteiger partial charge in [0.2, 0.25) is 0 Å². The maximum absolute atomic E-state index is 11.7. The molecule has 0 fully saturated rings. The molecule has 0 heterocycles. The molecule has 27 heavy (non-hydrogen) atoms. The summed E-state index contributed by atoms with van der Waals surface area (Å²) in [5, 5.41) is 8.83. The molecule has 0 aromatic heterocycles. The second-order valence-electron chi connectivity index (χ2n) is 8.28. The number of aliphatic carboxylic acids is 1. The summed E-state index contributed by atoms with van der Waals surface area (Å²) < 4.78 is 0. The molecule has 154 valence electrons. The number of carboxylic acid groups (broad SMARTS) is 1. The van der Waals surface area contributed by atoms with E-state index in [0.717, 1.165) is 44.9 Å². The zero-order valence-electron chi connectivity index (χ0n) is 18.1. The van der Waals surface area contributed by atoms with Gasteiger partial charge in [0.05, 0.1) is 0 Å². The molecule has 0 aliphatic carbocycles. The fraction of sp³-hybridized carbons (Fsp3) is 0.667. The van der Waals surface area contributed by atoms with Gasteiger partial charge in [-0.1, -0.05) is 56.1 Å². The summed E-state index contributed by atoms with van der Waals surface area (Å²) in [6, 6.07) is 0. The Labute approximate surface area is 166 Å². The predicted octanol–water partition coefficient (Wildman–Crippen LogP) is 6.75. The fourth-order valence-electron chi connectivity index (χ4n) is 3.25. The molecule has 0 spiro atoms. The number of carbonyl (C=O) groups is 2. The van der Waals surface area contributed by atoms with Gasteiger partial charge in [-0.2, -0.15) is 0 Å². The van der Waals surface area contributed by atoms with Crippen LogP contribution in [0.5, 0.6) is 0 Å². The van der Waals surface area contributed by atoms with Gasteiger partial charge >= 0.3 is 5.97 Å². The number of carboxylic acids is 1. The Morgan fingerprint density at radius 3 is 2.30 bits per heavy atom. The molecule has 0 aromatic carbocycles. The van der Waals surface area contributed by atoms with Gasteiger partial charge in [-0.15, -0.1) is 6.58 Å². The average molecular weight is 377 g/mol. The molecule has 0 amide bonds. The van der Waals surface area contributed by atoms with Crippen LogP contribution in [-0.4, -0.2) is 16.9 Å². The lowest BCUT2D eigenvalue weighted by atomic mass is 9.94. The topological polar surface area (TPSA) is 54.4 Å². The molecule has 3 unspecified atom stereocenters. The summed E-state index contributed by atoms with van der Waals surface area (Å²) in [5.41, 5.74) is 2.67. The molecular weight excluding hydrogens is 336 g/mol. The lowest BCUT2D eigenvalue weighted by Crippen LogP contribution is -2.20. The number of Topliss-reactive ketones (excluding diaryl/α,β-unsaturated/α-hetero) is 1. The van der Waals surface area contributed by atoms with Crippen LogP contribution in [0.4, 0.5) is 0 Å². The SMILES string of the molecule is C=C(C)CC(C)C=CCCC=C(C)CC(C)CCCCC(=O)C(C)C(=O)O. The van der Waals surface area contributed by atoms with Gasteiger partial charge in [-0.25, -0.2) is 0 Å². The standard InChI is InChI=1S/C24H40O3/c1-18(2)16-19(3)12-8-7-9-13-20(4)17-21(5)14-10-11-15-23(25)22(6)24(26)27/h8,12-13,19,21-22H,1,7,9-11,14-17H2,2-6H3,(H,26,27). The minimum Gasteiger partial charge on any atom is -0.481 e. The van der Waals surface area contributed by atoms with Crippen molar-refractivity contribution in [1.29, 1.82) is 0 Å². The highest BCUT2D eigenvalue weighted by molar-refractivity contribution is 5.97. The summed E-state index contributed by atoms with van der Waals surface area (Å²) in [6.07, 6.45) is 14.4. The number of allylic oxidation sites excluding steroid dienone is 5. The van der Waals surface area contributed by atoms with Crippen molar-refractivity contribution >= 4 is 11.8 Å². The van der Waals surface area contributed by atoms with E-state index in [4.69, 9.17) is 5.11 Å². The highest BCUT2D eigenvalue weighted by atomic mass is 16.4. The van der Waals surface area contributed by atoms with E-state index in [2.05, 4.69) is 52.5 Å². The van der Waals surface area contributed by atoms with E-state index in [-0.39, 0.29) is 5.78 Å². The third-order valence-electron chi connectivity index (χ3n) is 4.86. The summed E-state index contributed by atoms with van der Waals surface area (Å²) >= 11 is 0. The van der Waals surface area contributed by atoms with E-state index in [1.165, 1.54) is 18.1 Å². The molecule has 0 aliphatic rings. The van der Waals surface area contributed by atoms with Gasteiger partial charge in [0, 0.05) is 6.42 Å². The maximum atomic E-state index is 11.7. The molecule has 0 saturated heterocycles. The Hall–Kier alpha value is -1.64. The number of unbranched alkanes of at least 4 members (excludes halogenated alkanes) is 2. The highest BCUT2D eigenvalue weighted by Crippen LogP contribution is 2.19. The molecule has 0 aliphatic heterocycles. The van der Waals surface area contributed by atoms with Crippen LogP contribution in [0, 0.1) is 17.8 Å². The molecular formula is C24H40O3. The van der Waals surface area contributed by atoms with Crippen molar-refractivity contribution in [3.63, 3.8) is 0 Å². The third-order valence-corrected chi connectivity index (χ3v) is 4.86. The van der Waals surface area contributed by atoms with E-state index in [0.29, 0.717) is 18.3 Å². The Bertz CT molecular complexity index is 528. The second-order valence-corrected chi connectivity index (χ2v) is 8.28. The van der Waals surface area contributed by atoms with Crippen molar-refractivity contribution in [2.75, 3.05) is 0 Å². The van der Waals surface area contributed by atoms with Gasteiger partial charge in [-0.05, 0) is 64.7 Å². The molecule has 0 aromatic rings. The van der Waals surface area contributed by atoms with Crippen LogP contribution in [0.3, 0.4) is 0 Å². The Balaban J connectivity index is 3.93. The third kappa shape index (κ3) is 14.1. The zero-order chi connectivity index (χ0) is 20.8. The van der Waals surface area contributed by atoms with E-state index in [1.807, 2.05) is 0 Å². The van der Waals surface area contributed by atoms with Crippen LogP contribution in [-0.2, 0) is 9.59 Å². The first kappa shape index (κ1) is 25.4. The van der Waals surface area contributed by atoms with Crippen molar-refractivity contribution in [2.45, 2.75) is 86.0 Å². The Morgan fingerprint density at radius 2 is 1.70 bits per heavy atom. The van der Waals surface area contributed by atoms with Crippen LogP contribution < -0.4 is 0 Å². The van der Waals surface area contributed by atoms with Gasteiger partial charge in [-0.3, -0.25) is 9.59 Å². The van der Waals surface area contributed by atoms with Crippen LogP contribution in [0.15, 0.2) is 36.0 Å². The highest BCUT2D eigenvalue weighted by Gasteiger charge is 2.19. The Kier molecular flexibility index (Phi) is 13.5. The molecule has 0 rings (SSSR count). The van der Waals surface area contributed by atoms with E-state index < -0.39 is 11.9 Å². The maximum Gasteiger partial charge on any atom is 0.313 e. The number of ketones is 1. The smallest absolute Gasteiger partial charge is 0.313 e. The summed E-state index contributed by atoms with van der Waals surface area (Å²) in [7, 11) is 0. The summed E-state index contributed by atoms with van der Waals surface area (Å²) in [5.74, 6) is -0.881. The van der Waals surface area contributed by atoms with Gasteiger partial charge in [0.25, 0.3) is 0 Å². The minimum absolute atomic E-state index is 0.156.